The first kappa shape index (κ1) is 19.1. The zero-order chi connectivity index (χ0) is 15.2. The van der Waals surface area contributed by atoms with Gasteiger partial charge in [-0.05, 0) is 51.2 Å². The van der Waals surface area contributed by atoms with Gasteiger partial charge in [0.1, 0.15) is 5.75 Å². The highest BCUT2D eigenvalue weighted by Crippen LogP contribution is 2.30. The summed E-state index contributed by atoms with van der Waals surface area (Å²) in [5.74, 6) is 2.31. The minimum Gasteiger partial charge on any atom is -0.493 e. The van der Waals surface area contributed by atoms with E-state index in [4.69, 9.17) is 10.5 Å². The Balaban J connectivity index is 0.00000242. The highest BCUT2D eigenvalue weighted by Gasteiger charge is 2.22. The van der Waals surface area contributed by atoms with Crippen LogP contribution in [-0.4, -0.2) is 30.6 Å². The molecule has 4 nitrogen and oxygen atoms in total. The van der Waals surface area contributed by atoms with Gasteiger partial charge >= 0.3 is 0 Å². The number of halogens is 1. The molecule has 0 atom stereocenters. The largest absolute Gasteiger partial charge is 0.493 e. The van der Waals surface area contributed by atoms with Crippen LogP contribution in [0.25, 0.3) is 0 Å². The van der Waals surface area contributed by atoms with Crippen LogP contribution < -0.4 is 10.5 Å². The fourth-order valence-electron chi connectivity index (χ4n) is 2.23. The molecule has 0 aliphatic heterocycles. The molecule has 0 spiro atoms. The number of hydrogen-bond donors (Lipinski definition) is 1. The Hall–Kier alpha value is -0.980. The van der Waals surface area contributed by atoms with E-state index in [0.29, 0.717) is 12.5 Å². The topological polar surface area (TPSA) is 50.8 Å². The monoisotopic (exact) mass is 417 g/mol. The molecule has 0 aromatic heterocycles. The average molecular weight is 417 g/mol. The van der Waals surface area contributed by atoms with Gasteiger partial charge in [0.15, 0.2) is 5.96 Å². The molecule has 1 fully saturated rings. The van der Waals surface area contributed by atoms with Gasteiger partial charge in [-0.3, -0.25) is 0 Å². The average Bonchev–Trinajstić information content (AvgIpc) is 3.29. The van der Waals surface area contributed by atoms with Crippen LogP contribution in [0.5, 0.6) is 5.75 Å². The second kappa shape index (κ2) is 9.22. The predicted octanol–water partition coefficient (Wildman–Crippen LogP) is 3.56. The molecule has 2 N–H and O–H groups in total. The molecular formula is C17H28IN3O. The molecule has 0 bridgehead atoms. The number of aryl methyl sites for hydroxylation is 1. The SMILES string of the molecule is CCN(CC)C(N)=NCc1ccc(C)cc1OCC1CC1.I. The van der Waals surface area contributed by atoms with Gasteiger partial charge in [-0.2, -0.15) is 0 Å². The van der Waals surface area contributed by atoms with Crippen molar-refractivity contribution in [2.75, 3.05) is 19.7 Å². The van der Waals surface area contributed by atoms with Gasteiger partial charge < -0.3 is 15.4 Å². The van der Waals surface area contributed by atoms with Gasteiger partial charge in [-0.1, -0.05) is 12.1 Å². The van der Waals surface area contributed by atoms with Crippen molar-refractivity contribution in [3.63, 3.8) is 0 Å². The van der Waals surface area contributed by atoms with E-state index in [-0.39, 0.29) is 24.0 Å². The molecule has 1 aliphatic rings. The molecule has 0 saturated heterocycles. The predicted molar refractivity (Wildman–Crippen MR) is 103 cm³/mol. The van der Waals surface area contributed by atoms with Crippen molar-refractivity contribution >= 4 is 29.9 Å². The number of hydrogen-bond acceptors (Lipinski definition) is 2. The molecular weight excluding hydrogens is 389 g/mol. The van der Waals surface area contributed by atoms with Gasteiger partial charge in [0.2, 0.25) is 0 Å². The number of ether oxygens (including phenoxy) is 1. The number of rotatable bonds is 7. The van der Waals surface area contributed by atoms with E-state index in [1.165, 1.54) is 18.4 Å². The summed E-state index contributed by atoms with van der Waals surface area (Å²) in [6.45, 7) is 9.41. The van der Waals surface area contributed by atoms with Gasteiger partial charge in [-0.25, -0.2) is 4.99 Å². The fourth-order valence-corrected chi connectivity index (χ4v) is 2.23. The van der Waals surface area contributed by atoms with E-state index in [9.17, 15) is 0 Å². The second-order valence-electron chi connectivity index (χ2n) is 5.71. The van der Waals surface area contributed by atoms with E-state index in [1.807, 2.05) is 0 Å². The second-order valence-corrected chi connectivity index (χ2v) is 5.71. The standard InChI is InChI=1S/C17H27N3O.HI/c1-4-20(5-2)17(18)19-11-15-9-6-13(3)10-16(15)21-12-14-7-8-14;/h6,9-10,14H,4-5,7-8,11-12H2,1-3H3,(H2,18,19);1H. The van der Waals surface area contributed by atoms with Crippen molar-refractivity contribution in [1.29, 1.82) is 0 Å². The lowest BCUT2D eigenvalue weighted by Gasteiger charge is -2.19. The highest BCUT2D eigenvalue weighted by atomic mass is 127. The van der Waals surface area contributed by atoms with Gasteiger partial charge in [0, 0.05) is 18.7 Å². The van der Waals surface area contributed by atoms with Gasteiger partial charge in [0.05, 0.1) is 13.2 Å². The van der Waals surface area contributed by atoms with Crippen LogP contribution in [-0.2, 0) is 6.54 Å². The fraction of sp³-hybridized carbons (Fsp3) is 0.588. The number of guanidine groups is 1. The number of nitrogens with two attached hydrogens (primary N) is 1. The molecule has 0 heterocycles. The summed E-state index contributed by atoms with van der Waals surface area (Å²) in [6.07, 6.45) is 2.60. The summed E-state index contributed by atoms with van der Waals surface area (Å²) in [7, 11) is 0. The third-order valence-electron chi connectivity index (χ3n) is 3.89. The Bertz CT molecular complexity index is 497. The summed E-state index contributed by atoms with van der Waals surface area (Å²) in [6, 6.07) is 6.29. The van der Waals surface area contributed by atoms with Gasteiger partial charge in [0.25, 0.3) is 0 Å². The Morgan fingerprint density at radius 3 is 2.59 bits per heavy atom. The lowest BCUT2D eigenvalue weighted by Crippen LogP contribution is -2.37. The van der Waals surface area contributed by atoms with E-state index >= 15 is 0 Å². The van der Waals surface area contributed by atoms with Crippen molar-refractivity contribution in [3.05, 3.63) is 29.3 Å². The molecule has 5 heteroatoms. The first-order valence-electron chi connectivity index (χ1n) is 7.91. The lowest BCUT2D eigenvalue weighted by atomic mass is 10.1. The molecule has 2 rings (SSSR count). The van der Waals surface area contributed by atoms with Crippen LogP contribution >= 0.6 is 24.0 Å². The summed E-state index contributed by atoms with van der Waals surface area (Å²) in [5.41, 5.74) is 8.36. The summed E-state index contributed by atoms with van der Waals surface area (Å²) < 4.78 is 5.96. The van der Waals surface area contributed by atoms with E-state index in [0.717, 1.165) is 36.9 Å². The molecule has 1 saturated carbocycles. The van der Waals surface area contributed by atoms with Crippen molar-refractivity contribution in [2.24, 2.45) is 16.6 Å². The minimum atomic E-state index is 0. The molecule has 1 aromatic carbocycles. The maximum atomic E-state index is 6.03. The van der Waals surface area contributed by atoms with Crippen molar-refractivity contribution < 1.29 is 4.74 Å². The van der Waals surface area contributed by atoms with Crippen LogP contribution in [0.4, 0.5) is 0 Å². The molecule has 0 amide bonds. The normalized spacial score (nSPS) is 14.4. The molecule has 124 valence electrons. The lowest BCUT2D eigenvalue weighted by molar-refractivity contribution is 0.296. The zero-order valence-electron chi connectivity index (χ0n) is 13.8. The highest BCUT2D eigenvalue weighted by molar-refractivity contribution is 14.0. The Morgan fingerprint density at radius 2 is 2.00 bits per heavy atom. The maximum Gasteiger partial charge on any atom is 0.191 e. The van der Waals surface area contributed by atoms with Gasteiger partial charge in [-0.15, -0.1) is 24.0 Å². The van der Waals surface area contributed by atoms with Crippen LogP contribution in [0.1, 0.15) is 37.8 Å². The third-order valence-corrected chi connectivity index (χ3v) is 3.89. The van der Waals surface area contributed by atoms with E-state index in [1.54, 1.807) is 0 Å². The maximum absolute atomic E-state index is 6.03. The summed E-state index contributed by atoms with van der Waals surface area (Å²) in [5, 5.41) is 0. The summed E-state index contributed by atoms with van der Waals surface area (Å²) >= 11 is 0. The smallest absolute Gasteiger partial charge is 0.191 e. The summed E-state index contributed by atoms with van der Waals surface area (Å²) in [4.78, 5) is 6.56. The van der Waals surface area contributed by atoms with Crippen molar-refractivity contribution in [3.8, 4) is 5.75 Å². The first-order valence-corrected chi connectivity index (χ1v) is 7.91. The number of nitrogens with zero attached hydrogens (tertiary/aromatic N) is 2. The molecule has 0 radical (unpaired) electrons. The Morgan fingerprint density at radius 1 is 1.32 bits per heavy atom. The molecule has 0 unspecified atom stereocenters. The van der Waals surface area contributed by atoms with E-state index in [2.05, 4.69) is 48.9 Å². The Kier molecular flexibility index (Phi) is 8.00. The van der Waals surface area contributed by atoms with Crippen LogP contribution in [0.2, 0.25) is 0 Å². The number of benzene rings is 1. The van der Waals surface area contributed by atoms with Crippen molar-refractivity contribution in [1.82, 2.24) is 4.90 Å². The quantitative estimate of drug-likeness (QED) is 0.419. The van der Waals surface area contributed by atoms with Crippen LogP contribution in [0.3, 0.4) is 0 Å². The van der Waals surface area contributed by atoms with Crippen LogP contribution in [0.15, 0.2) is 23.2 Å². The van der Waals surface area contributed by atoms with Crippen molar-refractivity contribution in [2.45, 2.75) is 40.2 Å². The minimum absolute atomic E-state index is 0. The molecule has 1 aliphatic carbocycles. The molecule has 22 heavy (non-hydrogen) atoms. The first-order chi connectivity index (χ1) is 10.1. The third kappa shape index (κ3) is 5.66. The van der Waals surface area contributed by atoms with Crippen LogP contribution in [0, 0.1) is 12.8 Å². The Labute approximate surface area is 151 Å². The number of aliphatic imine (C=N–C) groups is 1. The molecule has 1 aromatic rings. The zero-order valence-corrected chi connectivity index (χ0v) is 16.2. The van der Waals surface area contributed by atoms with E-state index < -0.39 is 0 Å².